The number of sulfonamides is 4. The lowest BCUT2D eigenvalue weighted by atomic mass is 9.99. The van der Waals surface area contributed by atoms with E-state index in [-0.39, 0.29) is 27.4 Å². The zero-order chi connectivity index (χ0) is 77.1. The number of hydrogen-bond donors (Lipinski definition) is 8. The summed E-state index contributed by atoms with van der Waals surface area (Å²) in [5, 5.41) is 18.6. The molecule has 0 bridgehead atoms. The summed E-state index contributed by atoms with van der Waals surface area (Å²) in [7, 11) is -15.4. The number of nitriles is 1. The first-order valence-corrected chi connectivity index (χ1v) is 41.9. The van der Waals surface area contributed by atoms with Crippen LogP contribution >= 0.6 is 0 Å². The number of rotatable bonds is 13. The molecule has 0 saturated carbocycles. The van der Waals surface area contributed by atoms with E-state index in [9.17, 15) is 52.8 Å². The Balaban J connectivity index is 0.000000122. The molecule has 8 amide bonds. The van der Waals surface area contributed by atoms with Crippen LogP contribution in [0.15, 0.2) is 112 Å². The van der Waals surface area contributed by atoms with Crippen molar-refractivity contribution in [2.24, 2.45) is 0 Å². The molecule has 0 atom stereocenters. The van der Waals surface area contributed by atoms with Gasteiger partial charge in [-0.2, -0.15) is 38.9 Å². The summed E-state index contributed by atoms with van der Waals surface area (Å²) in [4.78, 5) is 83.5. The van der Waals surface area contributed by atoms with Crippen LogP contribution in [0.2, 0.25) is 0 Å². The van der Waals surface area contributed by atoms with E-state index >= 15 is 0 Å². The Hall–Kier alpha value is -11.7. The minimum Gasteiger partial charge on any atom is -0.481 e. The van der Waals surface area contributed by atoms with E-state index in [1.165, 1.54) is 57.8 Å². The Bertz CT molecular complexity index is 5730. The normalized spacial score (nSPS) is 15.0. The van der Waals surface area contributed by atoms with E-state index in [0.29, 0.717) is 11.0 Å². The number of nitrogens with one attached hydrogen (secondary N) is 8. The third-order valence-electron chi connectivity index (χ3n) is 20.6. The van der Waals surface area contributed by atoms with Crippen molar-refractivity contribution in [3.8, 4) is 11.9 Å². The Labute approximate surface area is 634 Å². The zero-order valence-electron chi connectivity index (χ0n) is 59.5. The molecule has 31 nitrogen and oxygen atoms in total. The number of nitrogens with zero attached hydrogens (tertiary/aromatic N) is 10. The highest BCUT2D eigenvalue weighted by atomic mass is 32.2. The van der Waals surface area contributed by atoms with Crippen LogP contribution in [0.5, 0.6) is 5.88 Å². The number of fused-ring (bicyclic) bond motifs is 9. The van der Waals surface area contributed by atoms with Gasteiger partial charge < -0.3 is 30.8 Å². The average molecular weight is 1560 g/mol. The summed E-state index contributed by atoms with van der Waals surface area (Å²) in [6.07, 6.45) is 30.0. The van der Waals surface area contributed by atoms with Gasteiger partial charge in [-0.05, 0) is 255 Å². The predicted molar refractivity (Wildman–Crippen MR) is 402 cm³/mol. The minimum atomic E-state index is -4.31. The van der Waals surface area contributed by atoms with Crippen molar-refractivity contribution >= 4 is 104 Å². The lowest BCUT2D eigenvalue weighted by Gasteiger charge is -2.16. The molecule has 5 aromatic carbocycles. The van der Waals surface area contributed by atoms with Gasteiger partial charge in [0.1, 0.15) is 12.4 Å². The number of amides is 8. The number of anilines is 4. The molecule has 4 heterocycles. The van der Waals surface area contributed by atoms with Gasteiger partial charge in [0.05, 0.1) is 30.5 Å². The van der Waals surface area contributed by atoms with Gasteiger partial charge >= 0.3 is 24.1 Å². The fourth-order valence-corrected chi connectivity index (χ4v) is 19.3. The molecule has 35 heteroatoms. The maximum Gasteiger partial charge on any atom is 0.333 e. The first kappa shape index (κ1) is 75.2. The van der Waals surface area contributed by atoms with Crippen LogP contribution in [0.4, 0.5) is 47.7 Å². The molecule has 0 spiro atoms. The van der Waals surface area contributed by atoms with Crippen LogP contribution < -0.4 is 44.9 Å². The zero-order valence-corrected chi connectivity index (χ0v) is 62.8. The number of aromatic nitrogens is 8. The van der Waals surface area contributed by atoms with Crippen LogP contribution in [-0.2, 0) is 143 Å². The number of methoxy groups -OCH3 is 1. The maximum atomic E-state index is 12.7. The van der Waals surface area contributed by atoms with Gasteiger partial charge in [-0.3, -0.25) is 4.98 Å². The van der Waals surface area contributed by atoms with Gasteiger partial charge in [0.2, 0.25) is 15.9 Å². The highest BCUT2D eigenvalue weighted by molar-refractivity contribution is 7.90. The molecule has 9 aromatic rings. The Morgan fingerprint density at radius 1 is 0.409 bits per heavy atom. The minimum absolute atomic E-state index is 0.0196. The number of hydrogen-bond acceptors (Lipinski definition) is 22. The van der Waals surface area contributed by atoms with Gasteiger partial charge in [0, 0.05) is 41.2 Å². The van der Waals surface area contributed by atoms with Crippen molar-refractivity contribution in [2.75, 3.05) is 28.4 Å². The average Bonchev–Trinajstić information content (AvgIpc) is 1.70. The Kier molecular flexibility index (Phi) is 21.5. The van der Waals surface area contributed by atoms with E-state index in [0.717, 1.165) is 259 Å². The third kappa shape index (κ3) is 16.1. The molecule has 0 aliphatic heterocycles. The molecule has 8 aliphatic rings. The number of ether oxygens (including phenoxy) is 1. The predicted octanol–water partition coefficient (Wildman–Crippen LogP) is 9.44. The summed E-state index contributed by atoms with van der Waals surface area (Å²) in [5.74, 6) is 0.0818. The molecular weight excluding hydrogens is 1490 g/mol. The highest BCUT2D eigenvalue weighted by Gasteiger charge is 2.33. The summed E-state index contributed by atoms with van der Waals surface area (Å²) in [6, 6.07) is 15.5. The van der Waals surface area contributed by atoms with Gasteiger partial charge in [-0.1, -0.05) is 43.0 Å². The van der Waals surface area contributed by atoms with Gasteiger partial charge in [0.25, 0.3) is 45.9 Å². The number of carbonyl (C=O) groups excluding carboxylic acids is 4. The molecule has 8 aliphatic carbocycles. The standard InChI is InChI=1S/C21H20N4O3S.2C18H17N5O3S.C18H20N4O4S/c26-21(24-20-15-7-3-5-13(15)11-14-6-4-8-16(14)20)25-29(27,28)19-12-22-17-9-1-2-10-18(17)23-19;1-19-15-9-21-16(10-20-15)27(25,26)23-18(24)22-17-13-6-2-4-11(13)8-12-5-3-7-14(12)17;19-10-15-17(21-8-7-20-15)27(25,26)23-18(24)22-16-13-5-1-3-11(13)9-12-4-2-6-14(12)16;1-26-15-9-16(20-10-19-15)27(24,25)22-18(23)21-17-13-6-2-4-11(13)8-12-5-3-7-14(12)17/h1-2,9-12H,3-8H2,(H2,24,25,26);8-10H,2-7H2,(H2,22,23,24);7-9H,1-6H2,(H2,22,23,24);8-10H,2-7H2,1H3,(H2,21,22,23). The van der Waals surface area contributed by atoms with Crippen molar-refractivity contribution in [3.05, 3.63) is 198 Å². The lowest BCUT2D eigenvalue weighted by molar-refractivity contribution is 0.255. The summed E-state index contributed by atoms with van der Waals surface area (Å²) in [6.45, 7) is 6.82. The first-order chi connectivity index (χ1) is 53.0. The number of carbonyl (C=O) groups is 4. The van der Waals surface area contributed by atoms with Crippen molar-refractivity contribution in [1.29, 1.82) is 5.26 Å². The molecule has 0 saturated heterocycles. The Morgan fingerprint density at radius 3 is 1.13 bits per heavy atom. The fourth-order valence-electron chi connectivity index (χ4n) is 15.9. The molecule has 8 N–H and O–H groups in total. The molecule has 0 unspecified atom stereocenters. The number of urea groups is 4. The van der Waals surface area contributed by atoms with Crippen LogP contribution in [0.25, 0.3) is 15.9 Å². The third-order valence-corrected chi connectivity index (χ3v) is 25.5. The van der Waals surface area contributed by atoms with E-state index in [1.54, 1.807) is 30.3 Å². The van der Waals surface area contributed by atoms with Crippen molar-refractivity contribution < 1.29 is 57.6 Å². The van der Waals surface area contributed by atoms with Crippen LogP contribution in [0, 0.1) is 17.9 Å². The second-order valence-corrected chi connectivity index (χ2v) is 33.9. The molecular formula is C75H74N18O13S4. The number of aryl methyl sites for hydroxylation is 8. The van der Waals surface area contributed by atoms with Crippen molar-refractivity contribution in [3.63, 3.8) is 0 Å². The van der Waals surface area contributed by atoms with Crippen LogP contribution in [0.1, 0.15) is 146 Å². The van der Waals surface area contributed by atoms with Gasteiger partial charge in [0.15, 0.2) is 21.9 Å². The summed E-state index contributed by atoms with van der Waals surface area (Å²) in [5.41, 5.74) is 22.7. The fraction of sp³-hybridized carbons (Fsp3) is 0.333. The molecule has 4 aromatic heterocycles. The second-order valence-electron chi connectivity index (χ2n) is 27.4. The van der Waals surface area contributed by atoms with E-state index < -0.39 is 74.3 Å². The Morgan fingerprint density at radius 2 is 0.764 bits per heavy atom. The molecule has 110 heavy (non-hydrogen) atoms. The van der Waals surface area contributed by atoms with Crippen LogP contribution in [-0.4, -0.2) is 105 Å². The van der Waals surface area contributed by atoms with E-state index in [2.05, 4.69) is 95.0 Å². The monoisotopic (exact) mass is 1560 g/mol. The van der Waals surface area contributed by atoms with E-state index in [1.807, 2.05) is 14.2 Å². The molecule has 0 fully saturated rings. The van der Waals surface area contributed by atoms with Gasteiger partial charge in [-0.25, -0.2) is 68.0 Å². The van der Waals surface area contributed by atoms with Crippen molar-refractivity contribution in [2.45, 2.75) is 174 Å². The topological polar surface area (TPSA) is 442 Å². The molecule has 0 radical (unpaired) electrons. The number of benzene rings is 5. The van der Waals surface area contributed by atoms with Crippen LogP contribution in [0.3, 0.4) is 0 Å². The van der Waals surface area contributed by atoms with Gasteiger partial charge in [-0.15, -0.1) is 4.98 Å². The summed E-state index contributed by atoms with van der Waals surface area (Å²) >= 11 is 0. The lowest BCUT2D eigenvalue weighted by Crippen LogP contribution is -2.36. The molecule has 17 rings (SSSR count). The first-order valence-electron chi connectivity index (χ1n) is 36.0. The SMILES string of the molecule is COc1cc(S(=O)(=O)NC(=O)Nc2c3c(cc4c2CCC4)CCC3)ncn1.N#Cc1nccnc1S(=O)(=O)NC(=O)Nc1c2c(cc3c1CCC3)CCC2.O=C(Nc1c2c(cc3c1CCC3)CCC2)NS(=O)(=O)c1cnc2ccccc2n1.[C-]#[N+]c1cnc(S(=O)(=O)NC(=O)Nc2c3c(cc4c2CCC4)CCC3)cn1. The maximum absolute atomic E-state index is 12.7. The summed E-state index contributed by atoms with van der Waals surface area (Å²) < 4.78 is 113. The van der Waals surface area contributed by atoms with Crippen molar-refractivity contribution in [1.82, 2.24) is 58.8 Å². The van der Waals surface area contributed by atoms with E-state index in [4.69, 9.17) is 16.6 Å². The second kappa shape index (κ2) is 31.5. The number of para-hydroxylation sites is 2. The highest BCUT2D eigenvalue weighted by Crippen LogP contribution is 2.43. The molecule has 566 valence electrons. The smallest absolute Gasteiger partial charge is 0.333 e. The largest absolute Gasteiger partial charge is 0.481 e. The quantitative estimate of drug-likeness (QED) is 0.0393.